The van der Waals surface area contributed by atoms with Crippen LogP contribution < -0.4 is 5.73 Å². The molecule has 1 aliphatic heterocycles. The number of piperidine rings is 1. The molecule has 1 atom stereocenters. The van der Waals surface area contributed by atoms with Crippen LogP contribution >= 0.6 is 0 Å². The van der Waals surface area contributed by atoms with Gasteiger partial charge in [0.25, 0.3) is 5.91 Å². The van der Waals surface area contributed by atoms with E-state index in [-0.39, 0.29) is 17.5 Å². The SMILES string of the molecule is C[C@@H](O)C(=O)N1CCC(n2cnc3cnc4ccc(-c5cnc(N)c(C(F)(F)F)c5)nc4c32)CC1. The molecule has 4 aromatic heterocycles. The Morgan fingerprint density at radius 1 is 1.14 bits per heavy atom. The second-order valence-electron chi connectivity index (χ2n) is 8.60. The third kappa shape index (κ3) is 4.14. The molecular formula is C23H22F3N7O2. The van der Waals surface area contributed by atoms with Crippen LogP contribution in [0.15, 0.2) is 36.9 Å². The number of anilines is 1. The topological polar surface area (TPSA) is 123 Å². The number of likely N-dealkylation sites (tertiary alicyclic amines) is 1. The number of aliphatic hydroxyl groups is 1. The largest absolute Gasteiger partial charge is 0.419 e. The van der Waals surface area contributed by atoms with Gasteiger partial charge in [-0.1, -0.05) is 0 Å². The van der Waals surface area contributed by atoms with E-state index in [0.29, 0.717) is 48.2 Å². The van der Waals surface area contributed by atoms with Gasteiger partial charge in [0.15, 0.2) is 0 Å². The Labute approximate surface area is 197 Å². The number of fused-ring (bicyclic) bond motifs is 3. The van der Waals surface area contributed by atoms with E-state index >= 15 is 0 Å². The van der Waals surface area contributed by atoms with Crippen LogP contribution in [0.25, 0.3) is 33.3 Å². The first-order chi connectivity index (χ1) is 16.6. The lowest BCUT2D eigenvalue weighted by atomic mass is 10.0. The first kappa shape index (κ1) is 23.0. The number of nitrogens with two attached hydrogens (primary N) is 1. The Kier molecular flexibility index (Phi) is 5.55. The van der Waals surface area contributed by atoms with Gasteiger partial charge in [0.1, 0.15) is 23.0 Å². The van der Waals surface area contributed by atoms with Crippen LogP contribution in [0.1, 0.15) is 31.4 Å². The van der Waals surface area contributed by atoms with Crippen molar-refractivity contribution in [2.24, 2.45) is 0 Å². The van der Waals surface area contributed by atoms with Gasteiger partial charge in [0.05, 0.1) is 34.8 Å². The van der Waals surface area contributed by atoms with Gasteiger partial charge >= 0.3 is 6.18 Å². The van der Waals surface area contributed by atoms with Crippen molar-refractivity contribution in [1.82, 2.24) is 29.4 Å². The van der Waals surface area contributed by atoms with Crippen molar-refractivity contribution in [1.29, 1.82) is 0 Å². The standard InChI is InChI=1S/C23H22F3N7O2/c1-12(34)22(35)32-6-4-14(5-7-32)33-11-30-18-10-28-17-3-2-16(31-19(17)20(18)33)13-8-15(23(24,25)26)21(27)29-9-13/h2-3,8-12,14,34H,4-7H2,1H3,(H2,27,29)/t12-/m1/s1. The zero-order valence-corrected chi connectivity index (χ0v) is 18.7. The molecule has 0 radical (unpaired) electrons. The van der Waals surface area contributed by atoms with E-state index in [0.717, 1.165) is 11.6 Å². The van der Waals surface area contributed by atoms with E-state index in [1.807, 2.05) is 4.57 Å². The summed E-state index contributed by atoms with van der Waals surface area (Å²) in [5, 5.41) is 9.58. The van der Waals surface area contributed by atoms with Gasteiger partial charge in [-0.15, -0.1) is 0 Å². The fraction of sp³-hybridized carbons (Fsp3) is 0.348. The molecule has 9 nitrogen and oxygen atoms in total. The van der Waals surface area contributed by atoms with Gasteiger partial charge < -0.3 is 20.3 Å². The van der Waals surface area contributed by atoms with Crippen LogP contribution in [-0.4, -0.2) is 59.6 Å². The molecule has 35 heavy (non-hydrogen) atoms. The summed E-state index contributed by atoms with van der Waals surface area (Å²) >= 11 is 0. The van der Waals surface area contributed by atoms with Crippen molar-refractivity contribution in [3.05, 3.63) is 42.5 Å². The number of hydrogen-bond acceptors (Lipinski definition) is 7. The Hall–Kier alpha value is -3.80. The quantitative estimate of drug-likeness (QED) is 0.457. The van der Waals surface area contributed by atoms with Crippen LogP contribution in [0.4, 0.5) is 19.0 Å². The van der Waals surface area contributed by atoms with Crippen LogP contribution in [-0.2, 0) is 11.0 Å². The lowest BCUT2D eigenvalue weighted by Gasteiger charge is -2.33. The van der Waals surface area contributed by atoms with Crippen LogP contribution in [0.2, 0.25) is 0 Å². The second kappa shape index (κ2) is 8.45. The number of nitrogens with zero attached hydrogens (tertiary/aromatic N) is 6. The molecule has 5 rings (SSSR count). The molecule has 0 spiro atoms. The summed E-state index contributed by atoms with van der Waals surface area (Å²) < 4.78 is 42.0. The minimum Gasteiger partial charge on any atom is -0.384 e. The molecule has 1 saturated heterocycles. The Morgan fingerprint density at radius 2 is 1.89 bits per heavy atom. The highest BCUT2D eigenvalue weighted by Crippen LogP contribution is 2.36. The Balaban J connectivity index is 1.55. The fourth-order valence-electron chi connectivity index (χ4n) is 4.48. The summed E-state index contributed by atoms with van der Waals surface area (Å²) in [6.45, 7) is 2.44. The summed E-state index contributed by atoms with van der Waals surface area (Å²) in [5.74, 6) is -0.889. The van der Waals surface area contributed by atoms with Gasteiger partial charge in [-0.05, 0) is 38.0 Å². The summed E-state index contributed by atoms with van der Waals surface area (Å²) in [6.07, 6.45) is 0.227. The number of aromatic nitrogens is 5. The average Bonchev–Trinajstić information content (AvgIpc) is 3.27. The van der Waals surface area contributed by atoms with Crippen LogP contribution in [0.3, 0.4) is 0 Å². The van der Waals surface area contributed by atoms with Crippen molar-refractivity contribution >= 4 is 33.8 Å². The maximum Gasteiger partial charge on any atom is 0.419 e. The number of carbonyl (C=O) groups is 1. The Morgan fingerprint density at radius 3 is 2.57 bits per heavy atom. The van der Waals surface area contributed by atoms with Crippen molar-refractivity contribution < 1.29 is 23.1 Å². The first-order valence-electron chi connectivity index (χ1n) is 11.1. The number of carbonyl (C=O) groups excluding carboxylic acids is 1. The van der Waals surface area contributed by atoms with E-state index in [4.69, 9.17) is 5.73 Å². The highest BCUT2D eigenvalue weighted by molar-refractivity contribution is 6.00. The number of halogens is 3. The van der Waals surface area contributed by atoms with Gasteiger partial charge in [0.2, 0.25) is 0 Å². The predicted octanol–water partition coefficient (Wildman–Crippen LogP) is 3.19. The smallest absolute Gasteiger partial charge is 0.384 e. The maximum absolute atomic E-state index is 13.3. The zero-order valence-electron chi connectivity index (χ0n) is 18.7. The molecule has 5 heterocycles. The predicted molar refractivity (Wildman–Crippen MR) is 122 cm³/mol. The van der Waals surface area contributed by atoms with Gasteiger partial charge in [0, 0.05) is 30.9 Å². The molecule has 0 aliphatic carbocycles. The van der Waals surface area contributed by atoms with E-state index in [9.17, 15) is 23.1 Å². The fourth-order valence-corrected chi connectivity index (χ4v) is 4.48. The number of nitrogen functional groups attached to an aromatic ring is 1. The van der Waals surface area contributed by atoms with Gasteiger partial charge in [-0.3, -0.25) is 9.78 Å². The normalized spacial score (nSPS) is 16.2. The van der Waals surface area contributed by atoms with Crippen molar-refractivity contribution in [2.45, 2.75) is 38.1 Å². The maximum atomic E-state index is 13.3. The third-order valence-corrected chi connectivity index (χ3v) is 6.29. The number of aliphatic hydroxyl groups excluding tert-OH is 1. The molecule has 0 bridgehead atoms. The van der Waals surface area contributed by atoms with Gasteiger partial charge in [-0.2, -0.15) is 13.2 Å². The monoisotopic (exact) mass is 485 g/mol. The van der Waals surface area contributed by atoms with E-state index in [2.05, 4.69) is 19.9 Å². The molecule has 182 valence electrons. The molecular weight excluding hydrogens is 463 g/mol. The summed E-state index contributed by atoms with van der Waals surface area (Å²) in [5.41, 5.74) is 7.31. The number of hydrogen-bond donors (Lipinski definition) is 2. The summed E-state index contributed by atoms with van der Waals surface area (Å²) in [6, 6.07) is 4.26. The van der Waals surface area contributed by atoms with E-state index in [1.54, 1.807) is 29.6 Å². The number of imidazole rings is 1. The van der Waals surface area contributed by atoms with E-state index < -0.39 is 23.7 Å². The molecule has 0 saturated carbocycles. The molecule has 3 N–H and O–H groups in total. The van der Waals surface area contributed by atoms with Crippen molar-refractivity contribution in [3.8, 4) is 11.3 Å². The van der Waals surface area contributed by atoms with E-state index in [1.165, 1.54) is 13.1 Å². The average molecular weight is 485 g/mol. The number of rotatable bonds is 3. The molecule has 1 amide bonds. The molecule has 1 aliphatic rings. The lowest BCUT2D eigenvalue weighted by molar-refractivity contribution is -0.140. The highest BCUT2D eigenvalue weighted by atomic mass is 19.4. The highest BCUT2D eigenvalue weighted by Gasteiger charge is 2.34. The zero-order chi connectivity index (χ0) is 24.9. The summed E-state index contributed by atoms with van der Waals surface area (Å²) in [4.78, 5) is 31.0. The van der Waals surface area contributed by atoms with Crippen molar-refractivity contribution in [2.75, 3.05) is 18.8 Å². The van der Waals surface area contributed by atoms with Crippen LogP contribution in [0.5, 0.6) is 0 Å². The van der Waals surface area contributed by atoms with Crippen molar-refractivity contribution in [3.63, 3.8) is 0 Å². The molecule has 0 unspecified atom stereocenters. The minimum absolute atomic E-state index is 0.0316. The van der Waals surface area contributed by atoms with Gasteiger partial charge in [-0.25, -0.2) is 15.0 Å². The molecule has 1 fully saturated rings. The number of alkyl halides is 3. The minimum atomic E-state index is -4.64. The Bertz CT molecular complexity index is 1430. The summed E-state index contributed by atoms with van der Waals surface area (Å²) in [7, 11) is 0. The first-order valence-corrected chi connectivity index (χ1v) is 11.1. The molecule has 12 heteroatoms. The number of pyridine rings is 3. The lowest BCUT2D eigenvalue weighted by Crippen LogP contribution is -2.43. The number of amides is 1. The molecule has 4 aromatic rings. The van der Waals surface area contributed by atoms with Crippen LogP contribution in [0, 0.1) is 0 Å². The molecule has 0 aromatic carbocycles. The second-order valence-corrected chi connectivity index (χ2v) is 8.60. The third-order valence-electron chi connectivity index (χ3n) is 6.29.